The van der Waals surface area contributed by atoms with Gasteiger partial charge >= 0.3 is 0 Å². The molecule has 142 valence electrons. The van der Waals surface area contributed by atoms with Gasteiger partial charge in [0.2, 0.25) is 0 Å². The second kappa shape index (κ2) is 8.73. The summed E-state index contributed by atoms with van der Waals surface area (Å²) in [6.45, 7) is 1.45. The maximum atomic E-state index is 13.2. The normalized spacial score (nSPS) is 11.1. The summed E-state index contributed by atoms with van der Waals surface area (Å²) in [6, 6.07) is 13.4. The van der Waals surface area contributed by atoms with Gasteiger partial charge in [-0.25, -0.2) is 4.98 Å². The van der Waals surface area contributed by atoms with Crippen molar-refractivity contribution in [1.29, 1.82) is 0 Å². The van der Waals surface area contributed by atoms with Crippen LogP contribution in [0.15, 0.2) is 47.4 Å². The van der Waals surface area contributed by atoms with E-state index in [1.165, 1.54) is 4.90 Å². The number of carbonyl (C=O) groups is 1. The fourth-order valence-electron chi connectivity index (χ4n) is 2.70. The number of nitrogens with one attached hydrogen (secondary N) is 1. The summed E-state index contributed by atoms with van der Waals surface area (Å²) in [5, 5.41) is 0.744. The van der Waals surface area contributed by atoms with Gasteiger partial charge in [-0.3, -0.25) is 9.69 Å². The van der Waals surface area contributed by atoms with Crippen LogP contribution in [0.2, 0.25) is 0 Å². The molecule has 5 nitrogen and oxygen atoms in total. The van der Waals surface area contributed by atoms with Crippen molar-refractivity contribution in [2.24, 2.45) is 0 Å². The summed E-state index contributed by atoms with van der Waals surface area (Å²) >= 11 is 3.24. The number of ether oxygens (including phenoxy) is 1. The van der Waals surface area contributed by atoms with Gasteiger partial charge in [0, 0.05) is 10.5 Å². The molecule has 0 bridgehead atoms. The highest BCUT2D eigenvalue weighted by molar-refractivity contribution is 7.98. The van der Waals surface area contributed by atoms with Crippen LogP contribution >= 0.6 is 23.1 Å². The van der Waals surface area contributed by atoms with Crippen LogP contribution in [0.3, 0.4) is 0 Å². The Balaban J connectivity index is 1.98. The van der Waals surface area contributed by atoms with Crippen molar-refractivity contribution >= 4 is 44.4 Å². The minimum atomic E-state index is -0.0383. The van der Waals surface area contributed by atoms with Gasteiger partial charge in [-0.1, -0.05) is 17.4 Å². The monoisotopic (exact) mass is 402 g/mol. The average Bonchev–Trinajstić information content (AvgIpc) is 3.11. The zero-order chi connectivity index (χ0) is 19.4. The van der Waals surface area contributed by atoms with E-state index in [-0.39, 0.29) is 5.91 Å². The molecule has 3 rings (SSSR count). The molecule has 0 spiro atoms. The molecule has 0 saturated heterocycles. The van der Waals surface area contributed by atoms with E-state index in [9.17, 15) is 4.79 Å². The minimum Gasteiger partial charge on any atom is -0.497 e. The lowest BCUT2D eigenvalue weighted by atomic mass is 10.2. The molecule has 7 heteroatoms. The SMILES string of the molecule is COc1ccc(C(=O)N(CC[NH+](C)C)c2nc3c(SC)cccc3s2)cc1. The number of benzene rings is 2. The molecule has 0 unspecified atom stereocenters. The number of aromatic nitrogens is 1. The number of rotatable bonds is 7. The quantitative estimate of drug-likeness (QED) is 0.618. The fourth-order valence-corrected chi connectivity index (χ4v) is 4.35. The third-order valence-corrected chi connectivity index (χ3v) is 6.05. The van der Waals surface area contributed by atoms with E-state index in [1.54, 1.807) is 47.2 Å². The molecule has 1 N–H and O–H groups in total. The molecular weight excluding hydrogens is 378 g/mol. The fraction of sp³-hybridized carbons (Fsp3) is 0.300. The van der Waals surface area contributed by atoms with Crippen molar-refractivity contribution in [1.82, 2.24) is 4.98 Å². The Morgan fingerprint density at radius 2 is 1.96 bits per heavy atom. The van der Waals surface area contributed by atoms with Crippen molar-refractivity contribution in [3.8, 4) is 5.75 Å². The molecule has 27 heavy (non-hydrogen) atoms. The van der Waals surface area contributed by atoms with Crippen LogP contribution < -0.4 is 14.5 Å². The molecular formula is C20H24N3O2S2+. The summed E-state index contributed by atoms with van der Waals surface area (Å²) in [6.07, 6.45) is 2.05. The van der Waals surface area contributed by atoms with Crippen molar-refractivity contribution in [2.75, 3.05) is 45.5 Å². The number of thioether (sulfide) groups is 1. The van der Waals surface area contributed by atoms with Gasteiger partial charge in [-0.05, 0) is 42.7 Å². The standard InChI is InChI=1S/C20H23N3O2S2/c1-22(2)12-13-23(19(24)14-8-10-15(25-3)11-9-14)20-21-18-16(26-4)6-5-7-17(18)27-20/h5-11H,12-13H2,1-4H3/p+1. The topological polar surface area (TPSA) is 46.9 Å². The first kappa shape index (κ1) is 19.7. The second-order valence-electron chi connectivity index (χ2n) is 6.45. The Kier molecular flexibility index (Phi) is 6.36. The van der Waals surface area contributed by atoms with Crippen LogP contribution in [0.4, 0.5) is 5.13 Å². The average molecular weight is 403 g/mol. The first-order valence-electron chi connectivity index (χ1n) is 8.72. The van der Waals surface area contributed by atoms with Crippen LogP contribution in [0.1, 0.15) is 10.4 Å². The third-order valence-electron chi connectivity index (χ3n) is 4.24. The summed E-state index contributed by atoms with van der Waals surface area (Å²) in [5.41, 5.74) is 1.60. The number of amides is 1. The number of hydrogen-bond donors (Lipinski definition) is 1. The van der Waals surface area contributed by atoms with E-state index in [0.717, 1.165) is 32.5 Å². The van der Waals surface area contributed by atoms with Crippen molar-refractivity contribution in [2.45, 2.75) is 4.90 Å². The van der Waals surface area contributed by atoms with Gasteiger partial charge < -0.3 is 9.64 Å². The molecule has 1 heterocycles. The van der Waals surface area contributed by atoms with Crippen LogP contribution in [0, 0.1) is 0 Å². The van der Waals surface area contributed by atoms with E-state index >= 15 is 0 Å². The number of likely N-dealkylation sites (N-methyl/N-ethyl adjacent to an activating group) is 1. The molecule has 0 fully saturated rings. The van der Waals surface area contributed by atoms with Gasteiger partial charge in [-0.2, -0.15) is 0 Å². The highest BCUT2D eigenvalue weighted by Crippen LogP contribution is 2.34. The molecule has 1 amide bonds. The Bertz CT molecular complexity index is 923. The Morgan fingerprint density at radius 1 is 1.22 bits per heavy atom. The molecule has 0 aliphatic carbocycles. The van der Waals surface area contributed by atoms with Crippen molar-refractivity contribution in [3.63, 3.8) is 0 Å². The number of anilines is 1. The molecule has 1 aromatic heterocycles. The smallest absolute Gasteiger partial charge is 0.260 e. The molecule has 0 aliphatic rings. The third kappa shape index (κ3) is 4.43. The molecule has 0 saturated carbocycles. The first-order chi connectivity index (χ1) is 13.0. The van der Waals surface area contributed by atoms with Crippen LogP contribution in [-0.4, -0.2) is 51.4 Å². The van der Waals surface area contributed by atoms with Crippen LogP contribution in [0.25, 0.3) is 10.2 Å². The molecule has 2 aromatic carbocycles. The Labute approximate surface area is 168 Å². The largest absolute Gasteiger partial charge is 0.497 e. The lowest BCUT2D eigenvalue weighted by Crippen LogP contribution is -3.06. The van der Waals surface area contributed by atoms with Crippen molar-refractivity contribution in [3.05, 3.63) is 48.0 Å². The lowest BCUT2D eigenvalue weighted by molar-refractivity contribution is -0.856. The van der Waals surface area contributed by atoms with E-state index in [4.69, 9.17) is 9.72 Å². The highest BCUT2D eigenvalue weighted by Gasteiger charge is 2.22. The Morgan fingerprint density at radius 3 is 2.59 bits per heavy atom. The molecule has 0 atom stereocenters. The van der Waals surface area contributed by atoms with Gasteiger partial charge in [0.05, 0.1) is 44.5 Å². The summed E-state index contributed by atoms with van der Waals surface area (Å²) < 4.78 is 6.30. The minimum absolute atomic E-state index is 0.0383. The Hall–Kier alpha value is -2.09. The van der Waals surface area contributed by atoms with Crippen molar-refractivity contribution < 1.29 is 14.4 Å². The maximum absolute atomic E-state index is 13.2. The second-order valence-corrected chi connectivity index (χ2v) is 8.30. The number of fused-ring (bicyclic) bond motifs is 1. The number of hydrogen-bond acceptors (Lipinski definition) is 5. The number of quaternary nitrogens is 1. The van der Waals surface area contributed by atoms with Crippen LogP contribution in [0.5, 0.6) is 5.75 Å². The lowest BCUT2D eigenvalue weighted by Gasteiger charge is -2.20. The van der Waals surface area contributed by atoms with Gasteiger partial charge in [-0.15, -0.1) is 11.8 Å². The highest BCUT2D eigenvalue weighted by atomic mass is 32.2. The molecule has 0 aliphatic heterocycles. The number of nitrogens with zero attached hydrogens (tertiary/aromatic N) is 2. The predicted molar refractivity (Wildman–Crippen MR) is 114 cm³/mol. The zero-order valence-corrected chi connectivity index (χ0v) is 17.6. The van der Waals surface area contributed by atoms with Crippen LogP contribution in [-0.2, 0) is 0 Å². The number of methoxy groups -OCH3 is 1. The van der Waals surface area contributed by atoms with E-state index in [0.29, 0.717) is 12.1 Å². The predicted octanol–water partition coefficient (Wildman–Crippen LogP) is 2.82. The zero-order valence-electron chi connectivity index (χ0n) is 16.0. The number of carbonyl (C=O) groups excluding carboxylic acids is 1. The van der Waals surface area contributed by atoms with Gasteiger partial charge in [0.1, 0.15) is 5.75 Å². The number of para-hydroxylation sites is 1. The summed E-state index contributed by atoms with van der Waals surface area (Å²) in [5.74, 6) is 0.698. The van der Waals surface area contributed by atoms with E-state index in [2.05, 4.69) is 26.2 Å². The molecule has 0 radical (unpaired) electrons. The summed E-state index contributed by atoms with van der Waals surface area (Å²) in [7, 11) is 5.79. The maximum Gasteiger partial charge on any atom is 0.260 e. The molecule has 3 aromatic rings. The first-order valence-corrected chi connectivity index (χ1v) is 10.8. The van der Waals surface area contributed by atoms with E-state index < -0.39 is 0 Å². The van der Waals surface area contributed by atoms with Gasteiger partial charge in [0.15, 0.2) is 5.13 Å². The van der Waals surface area contributed by atoms with Gasteiger partial charge in [0.25, 0.3) is 5.91 Å². The van der Waals surface area contributed by atoms with E-state index in [1.807, 2.05) is 24.5 Å². The summed E-state index contributed by atoms with van der Waals surface area (Å²) in [4.78, 5) is 22.2. The number of thiazole rings is 1.